The third-order valence-electron chi connectivity index (χ3n) is 3.97. The molecule has 1 N–H and O–H groups in total. The maximum atomic E-state index is 5.41. The SMILES string of the molecule is C#CCC(CC)NC(CC)C1CCCCC1. The van der Waals surface area contributed by atoms with Crippen molar-refractivity contribution in [2.24, 2.45) is 5.92 Å². The molecule has 0 radical (unpaired) electrons. The Hall–Kier alpha value is -0.480. The number of hydrogen-bond donors (Lipinski definition) is 1. The van der Waals surface area contributed by atoms with Crippen LogP contribution in [0.5, 0.6) is 0 Å². The van der Waals surface area contributed by atoms with Crippen LogP contribution in [0.4, 0.5) is 0 Å². The Labute approximate surface area is 101 Å². The van der Waals surface area contributed by atoms with Crippen molar-refractivity contribution in [2.45, 2.75) is 77.3 Å². The number of nitrogens with one attached hydrogen (secondary N) is 1. The van der Waals surface area contributed by atoms with E-state index in [-0.39, 0.29) is 0 Å². The van der Waals surface area contributed by atoms with Crippen molar-refractivity contribution in [1.82, 2.24) is 5.32 Å². The van der Waals surface area contributed by atoms with Crippen LogP contribution in [0.3, 0.4) is 0 Å². The Morgan fingerprint density at radius 2 is 1.88 bits per heavy atom. The van der Waals surface area contributed by atoms with E-state index in [4.69, 9.17) is 6.42 Å². The Morgan fingerprint density at radius 1 is 1.19 bits per heavy atom. The molecule has 1 heteroatoms. The third kappa shape index (κ3) is 4.18. The maximum Gasteiger partial charge on any atom is 0.0240 e. The second kappa shape index (κ2) is 7.74. The van der Waals surface area contributed by atoms with E-state index in [0.717, 1.165) is 18.8 Å². The van der Waals surface area contributed by atoms with Gasteiger partial charge < -0.3 is 5.32 Å². The first kappa shape index (κ1) is 13.6. The minimum absolute atomic E-state index is 0.525. The summed E-state index contributed by atoms with van der Waals surface area (Å²) in [5, 5.41) is 3.78. The lowest BCUT2D eigenvalue weighted by molar-refractivity contribution is 0.244. The van der Waals surface area contributed by atoms with Gasteiger partial charge in [0.1, 0.15) is 0 Å². The molecule has 0 aromatic rings. The van der Waals surface area contributed by atoms with Crippen molar-refractivity contribution in [2.75, 3.05) is 0 Å². The van der Waals surface area contributed by atoms with E-state index >= 15 is 0 Å². The van der Waals surface area contributed by atoms with Gasteiger partial charge in [-0.25, -0.2) is 0 Å². The summed E-state index contributed by atoms with van der Waals surface area (Å²) >= 11 is 0. The van der Waals surface area contributed by atoms with Gasteiger partial charge in [-0.15, -0.1) is 12.3 Å². The largest absolute Gasteiger partial charge is 0.310 e. The fourth-order valence-corrected chi connectivity index (χ4v) is 2.89. The molecule has 1 aliphatic rings. The molecular weight excluding hydrogens is 194 g/mol. The summed E-state index contributed by atoms with van der Waals surface area (Å²) in [5.41, 5.74) is 0. The molecule has 0 bridgehead atoms. The monoisotopic (exact) mass is 221 g/mol. The molecular formula is C15H27N. The average Bonchev–Trinajstić information content (AvgIpc) is 2.35. The molecule has 1 aliphatic carbocycles. The maximum absolute atomic E-state index is 5.41. The van der Waals surface area contributed by atoms with Crippen LogP contribution in [0.2, 0.25) is 0 Å². The van der Waals surface area contributed by atoms with Gasteiger partial charge in [-0.3, -0.25) is 0 Å². The predicted octanol–water partition coefficient (Wildman–Crippen LogP) is 3.74. The second-order valence-corrected chi connectivity index (χ2v) is 5.09. The number of hydrogen-bond acceptors (Lipinski definition) is 1. The molecule has 0 aromatic carbocycles. The molecule has 0 heterocycles. The lowest BCUT2D eigenvalue weighted by Crippen LogP contribution is -2.42. The zero-order valence-corrected chi connectivity index (χ0v) is 11.0. The first-order valence-electron chi connectivity index (χ1n) is 7.01. The van der Waals surface area contributed by atoms with Crippen LogP contribution in [-0.4, -0.2) is 12.1 Å². The van der Waals surface area contributed by atoms with Crippen molar-refractivity contribution >= 4 is 0 Å². The first-order chi connectivity index (χ1) is 7.81. The van der Waals surface area contributed by atoms with Crippen LogP contribution in [0.25, 0.3) is 0 Å². The van der Waals surface area contributed by atoms with Crippen molar-refractivity contribution in [1.29, 1.82) is 0 Å². The molecule has 1 nitrogen and oxygen atoms in total. The quantitative estimate of drug-likeness (QED) is 0.674. The number of rotatable bonds is 6. The van der Waals surface area contributed by atoms with E-state index in [2.05, 4.69) is 25.1 Å². The minimum Gasteiger partial charge on any atom is -0.310 e. The van der Waals surface area contributed by atoms with E-state index in [9.17, 15) is 0 Å². The Morgan fingerprint density at radius 3 is 2.38 bits per heavy atom. The summed E-state index contributed by atoms with van der Waals surface area (Å²) in [6.45, 7) is 4.53. The van der Waals surface area contributed by atoms with Gasteiger partial charge in [-0.2, -0.15) is 0 Å². The standard InChI is InChI=1S/C15H27N/c1-4-10-14(5-2)16-15(6-3)13-11-8-7-9-12-13/h1,13-16H,5-12H2,2-3H3. The third-order valence-corrected chi connectivity index (χ3v) is 3.97. The van der Waals surface area contributed by atoms with Crippen molar-refractivity contribution < 1.29 is 0 Å². The van der Waals surface area contributed by atoms with E-state index in [1.165, 1.54) is 38.5 Å². The molecule has 2 unspecified atom stereocenters. The molecule has 92 valence electrons. The highest BCUT2D eigenvalue weighted by molar-refractivity contribution is 4.91. The topological polar surface area (TPSA) is 12.0 Å². The highest BCUT2D eigenvalue weighted by atomic mass is 15.0. The highest BCUT2D eigenvalue weighted by Gasteiger charge is 2.23. The normalized spacial score (nSPS) is 21.3. The first-order valence-corrected chi connectivity index (χ1v) is 7.01. The average molecular weight is 221 g/mol. The summed E-state index contributed by atoms with van der Waals surface area (Å²) in [6, 6.07) is 1.22. The van der Waals surface area contributed by atoms with E-state index in [0.29, 0.717) is 12.1 Å². The van der Waals surface area contributed by atoms with Crippen LogP contribution >= 0.6 is 0 Å². The molecule has 0 spiro atoms. The lowest BCUT2D eigenvalue weighted by atomic mass is 9.82. The summed E-state index contributed by atoms with van der Waals surface area (Å²) in [5.74, 6) is 3.68. The van der Waals surface area contributed by atoms with E-state index < -0.39 is 0 Å². The van der Waals surface area contributed by atoms with Crippen LogP contribution in [0.15, 0.2) is 0 Å². The van der Waals surface area contributed by atoms with Crippen LogP contribution in [-0.2, 0) is 0 Å². The van der Waals surface area contributed by atoms with Gasteiger partial charge in [0.05, 0.1) is 0 Å². The molecule has 2 atom stereocenters. The van der Waals surface area contributed by atoms with Gasteiger partial charge in [0, 0.05) is 18.5 Å². The highest BCUT2D eigenvalue weighted by Crippen LogP contribution is 2.28. The summed E-state index contributed by atoms with van der Waals surface area (Å²) in [4.78, 5) is 0. The summed E-state index contributed by atoms with van der Waals surface area (Å²) in [7, 11) is 0. The van der Waals surface area contributed by atoms with Gasteiger partial charge in [-0.05, 0) is 31.6 Å². The Kier molecular flexibility index (Phi) is 6.57. The second-order valence-electron chi connectivity index (χ2n) is 5.09. The van der Waals surface area contributed by atoms with E-state index in [1.807, 2.05) is 0 Å². The van der Waals surface area contributed by atoms with Gasteiger partial charge >= 0.3 is 0 Å². The van der Waals surface area contributed by atoms with Crippen molar-refractivity contribution in [3.63, 3.8) is 0 Å². The molecule has 1 rings (SSSR count). The Bertz CT molecular complexity index is 210. The minimum atomic E-state index is 0.525. The van der Waals surface area contributed by atoms with Gasteiger partial charge in [-0.1, -0.05) is 33.1 Å². The smallest absolute Gasteiger partial charge is 0.0240 e. The summed E-state index contributed by atoms with van der Waals surface area (Å²) in [6.07, 6.45) is 15.8. The molecule has 0 aromatic heterocycles. The molecule has 16 heavy (non-hydrogen) atoms. The number of terminal acetylenes is 1. The molecule has 0 aliphatic heterocycles. The van der Waals surface area contributed by atoms with Crippen LogP contribution in [0, 0.1) is 18.3 Å². The molecule has 0 amide bonds. The molecule has 0 saturated heterocycles. The van der Waals surface area contributed by atoms with Crippen LogP contribution in [0.1, 0.15) is 65.2 Å². The molecule has 1 fully saturated rings. The zero-order valence-electron chi connectivity index (χ0n) is 11.0. The zero-order chi connectivity index (χ0) is 11.8. The fourth-order valence-electron chi connectivity index (χ4n) is 2.89. The molecule has 1 saturated carbocycles. The summed E-state index contributed by atoms with van der Waals surface area (Å²) < 4.78 is 0. The predicted molar refractivity (Wildman–Crippen MR) is 71.3 cm³/mol. The van der Waals surface area contributed by atoms with Crippen molar-refractivity contribution in [3.05, 3.63) is 0 Å². The Balaban J connectivity index is 2.42. The fraction of sp³-hybridized carbons (Fsp3) is 0.867. The lowest BCUT2D eigenvalue weighted by Gasteiger charge is -2.33. The van der Waals surface area contributed by atoms with Crippen molar-refractivity contribution in [3.8, 4) is 12.3 Å². The van der Waals surface area contributed by atoms with E-state index in [1.54, 1.807) is 0 Å². The van der Waals surface area contributed by atoms with Gasteiger partial charge in [0.2, 0.25) is 0 Å². The van der Waals surface area contributed by atoms with Gasteiger partial charge in [0.25, 0.3) is 0 Å². The van der Waals surface area contributed by atoms with Crippen LogP contribution < -0.4 is 5.32 Å². The van der Waals surface area contributed by atoms with Gasteiger partial charge in [0.15, 0.2) is 0 Å².